The average molecular weight is 252 g/mol. The van der Waals surface area contributed by atoms with Gasteiger partial charge in [0.05, 0.1) is 11.0 Å². The Hall–Kier alpha value is -0.870. The topological polar surface area (TPSA) is 43.4 Å². The molecule has 4 heteroatoms. The van der Waals surface area contributed by atoms with Crippen LogP contribution < -0.4 is 0 Å². The Bertz CT molecular complexity index is 495. The van der Waals surface area contributed by atoms with Crippen molar-refractivity contribution in [3.05, 3.63) is 30.3 Å². The molecule has 0 aromatic heterocycles. The lowest BCUT2D eigenvalue weighted by molar-refractivity contribution is 0.145. The first-order valence-corrected chi connectivity index (χ1v) is 7.54. The molecular weight excluding hydrogens is 236 g/mol. The molecule has 0 amide bonds. The second kappa shape index (κ2) is 4.10. The molecule has 17 heavy (non-hydrogen) atoms. The molecule has 0 heterocycles. The van der Waals surface area contributed by atoms with Crippen molar-refractivity contribution >= 4 is 10.1 Å². The normalized spacial score (nSPS) is 31.9. The highest BCUT2D eigenvalue weighted by molar-refractivity contribution is 7.86. The first kappa shape index (κ1) is 11.2. The largest absolute Gasteiger partial charge is 0.297 e. The zero-order chi connectivity index (χ0) is 11.9. The van der Waals surface area contributed by atoms with Gasteiger partial charge in [0, 0.05) is 0 Å². The number of hydrogen-bond acceptors (Lipinski definition) is 3. The predicted octanol–water partition coefficient (Wildman–Crippen LogP) is 2.58. The second-order valence-electron chi connectivity index (χ2n) is 5.08. The first-order chi connectivity index (χ1) is 8.15. The Labute approximate surface area is 102 Å². The van der Waals surface area contributed by atoms with Gasteiger partial charge in [0.1, 0.15) is 0 Å². The quantitative estimate of drug-likeness (QED) is 0.777. The summed E-state index contributed by atoms with van der Waals surface area (Å²) in [4.78, 5) is 0.266. The average Bonchev–Trinajstić information content (AvgIpc) is 2.91. The van der Waals surface area contributed by atoms with Crippen molar-refractivity contribution in [3.8, 4) is 0 Å². The molecule has 0 radical (unpaired) electrons. The number of rotatable bonds is 3. The third-order valence-corrected chi connectivity index (χ3v) is 5.31. The molecule has 2 bridgehead atoms. The van der Waals surface area contributed by atoms with Gasteiger partial charge in [-0.1, -0.05) is 18.2 Å². The lowest BCUT2D eigenvalue weighted by Crippen LogP contribution is -2.24. The highest BCUT2D eigenvalue weighted by Gasteiger charge is 2.42. The van der Waals surface area contributed by atoms with E-state index in [4.69, 9.17) is 4.18 Å². The van der Waals surface area contributed by atoms with Crippen LogP contribution in [0.2, 0.25) is 0 Å². The van der Waals surface area contributed by atoms with Crippen LogP contribution in [0.4, 0.5) is 0 Å². The maximum Gasteiger partial charge on any atom is 0.297 e. The summed E-state index contributed by atoms with van der Waals surface area (Å²) in [5.41, 5.74) is 0. The van der Waals surface area contributed by atoms with Gasteiger partial charge in [0.25, 0.3) is 10.1 Å². The molecule has 3 atom stereocenters. The van der Waals surface area contributed by atoms with Gasteiger partial charge < -0.3 is 0 Å². The molecule has 2 aliphatic rings. The van der Waals surface area contributed by atoms with Crippen molar-refractivity contribution in [2.75, 3.05) is 0 Å². The van der Waals surface area contributed by atoms with E-state index in [2.05, 4.69) is 0 Å². The maximum absolute atomic E-state index is 12.0. The monoisotopic (exact) mass is 252 g/mol. The Balaban J connectivity index is 1.77. The van der Waals surface area contributed by atoms with Crippen molar-refractivity contribution in [3.63, 3.8) is 0 Å². The summed E-state index contributed by atoms with van der Waals surface area (Å²) >= 11 is 0. The fraction of sp³-hybridized carbons (Fsp3) is 0.538. The van der Waals surface area contributed by atoms with Crippen LogP contribution in [0.25, 0.3) is 0 Å². The van der Waals surface area contributed by atoms with Crippen LogP contribution in [0.1, 0.15) is 25.7 Å². The Morgan fingerprint density at radius 1 is 1.06 bits per heavy atom. The van der Waals surface area contributed by atoms with Gasteiger partial charge in [-0.05, 0) is 49.7 Å². The van der Waals surface area contributed by atoms with Crippen molar-refractivity contribution < 1.29 is 12.6 Å². The summed E-state index contributed by atoms with van der Waals surface area (Å²) < 4.78 is 29.5. The minimum absolute atomic E-state index is 0.0843. The number of fused-ring (bicyclic) bond motifs is 2. The fourth-order valence-corrected chi connectivity index (χ4v) is 4.27. The van der Waals surface area contributed by atoms with Crippen LogP contribution in [0.15, 0.2) is 35.2 Å². The molecule has 3 unspecified atom stereocenters. The molecule has 0 N–H and O–H groups in total. The summed E-state index contributed by atoms with van der Waals surface area (Å²) in [6.07, 6.45) is 4.35. The van der Waals surface area contributed by atoms with Crippen molar-refractivity contribution in [1.29, 1.82) is 0 Å². The zero-order valence-corrected chi connectivity index (χ0v) is 10.4. The summed E-state index contributed by atoms with van der Waals surface area (Å²) in [5, 5.41) is 0. The van der Waals surface area contributed by atoms with Crippen molar-refractivity contribution in [2.24, 2.45) is 11.8 Å². The highest BCUT2D eigenvalue weighted by Crippen LogP contribution is 2.46. The highest BCUT2D eigenvalue weighted by atomic mass is 32.2. The summed E-state index contributed by atoms with van der Waals surface area (Å²) in [6.45, 7) is 0. The first-order valence-electron chi connectivity index (χ1n) is 6.13. The van der Waals surface area contributed by atoms with E-state index in [-0.39, 0.29) is 11.0 Å². The SMILES string of the molecule is O=S(=O)(OC1CC2CCC1C2)c1ccccc1. The van der Waals surface area contributed by atoms with Gasteiger partial charge in [0.15, 0.2) is 0 Å². The number of benzene rings is 1. The molecule has 3 nitrogen and oxygen atoms in total. The molecule has 3 rings (SSSR count). The molecule has 0 saturated heterocycles. The van der Waals surface area contributed by atoms with Crippen molar-refractivity contribution in [2.45, 2.75) is 36.7 Å². The predicted molar refractivity (Wildman–Crippen MR) is 63.9 cm³/mol. The summed E-state index contributed by atoms with van der Waals surface area (Å²) in [5.74, 6) is 1.15. The van der Waals surface area contributed by atoms with Crippen LogP contribution in [0.5, 0.6) is 0 Å². The molecule has 0 aliphatic heterocycles. The fourth-order valence-electron chi connectivity index (χ4n) is 3.11. The van der Waals surface area contributed by atoms with E-state index in [9.17, 15) is 8.42 Å². The molecule has 2 fully saturated rings. The van der Waals surface area contributed by atoms with Crippen LogP contribution in [0, 0.1) is 11.8 Å². The Morgan fingerprint density at radius 3 is 2.41 bits per heavy atom. The Kier molecular flexibility index (Phi) is 2.71. The van der Waals surface area contributed by atoms with E-state index in [0.717, 1.165) is 19.3 Å². The third kappa shape index (κ3) is 2.11. The van der Waals surface area contributed by atoms with Gasteiger partial charge in [-0.25, -0.2) is 0 Å². The van der Waals surface area contributed by atoms with E-state index < -0.39 is 10.1 Å². The van der Waals surface area contributed by atoms with Crippen LogP contribution >= 0.6 is 0 Å². The van der Waals surface area contributed by atoms with Gasteiger partial charge >= 0.3 is 0 Å². The van der Waals surface area contributed by atoms with Crippen LogP contribution in [-0.2, 0) is 14.3 Å². The molecular formula is C13H16O3S. The standard InChI is InChI=1S/C13H16O3S/c14-17(15,12-4-2-1-3-5-12)16-13-9-10-6-7-11(13)8-10/h1-5,10-11,13H,6-9H2. The smallest absolute Gasteiger partial charge is 0.263 e. The van der Waals surface area contributed by atoms with E-state index in [1.54, 1.807) is 30.3 Å². The molecule has 0 spiro atoms. The molecule has 2 aliphatic carbocycles. The Morgan fingerprint density at radius 2 is 1.82 bits per heavy atom. The molecule has 2 saturated carbocycles. The van der Waals surface area contributed by atoms with Crippen molar-refractivity contribution in [1.82, 2.24) is 0 Å². The zero-order valence-electron chi connectivity index (χ0n) is 9.58. The van der Waals surface area contributed by atoms with Gasteiger partial charge in [-0.15, -0.1) is 0 Å². The summed E-state index contributed by atoms with van der Waals surface area (Å²) in [7, 11) is -3.57. The number of hydrogen-bond donors (Lipinski definition) is 0. The van der Waals surface area contributed by atoms with Crippen LogP contribution in [0.3, 0.4) is 0 Å². The maximum atomic E-state index is 12.0. The van der Waals surface area contributed by atoms with E-state index in [1.807, 2.05) is 0 Å². The van der Waals surface area contributed by atoms with Gasteiger partial charge in [-0.3, -0.25) is 4.18 Å². The van der Waals surface area contributed by atoms with E-state index in [0.29, 0.717) is 11.8 Å². The third-order valence-electron chi connectivity index (χ3n) is 3.96. The van der Waals surface area contributed by atoms with E-state index in [1.165, 1.54) is 6.42 Å². The van der Waals surface area contributed by atoms with Gasteiger partial charge in [-0.2, -0.15) is 8.42 Å². The van der Waals surface area contributed by atoms with E-state index >= 15 is 0 Å². The second-order valence-corrected chi connectivity index (χ2v) is 6.65. The van der Waals surface area contributed by atoms with Crippen LogP contribution in [-0.4, -0.2) is 14.5 Å². The van der Waals surface area contributed by atoms with Gasteiger partial charge in [0.2, 0.25) is 0 Å². The minimum Gasteiger partial charge on any atom is -0.263 e. The lowest BCUT2D eigenvalue weighted by Gasteiger charge is -2.21. The molecule has 92 valence electrons. The lowest BCUT2D eigenvalue weighted by atomic mass is 9.98. The molecule has 1 aromatic carbocycles. The summed E-state index contributed by atoms with van der Waals surface area (Å²) in [6, 6.07) is 8.41. The molecule has 1 aromatic rings. The minimum atomic E-state index is -3.57.